The van der Waals surface area contributed by atoms with Crippen LogP contribution in [0, 0.1) is 0 Å². The Morgan fingerprint density at radius 3 is 2.64 bits per heavy atom. The number of aromatic hydroxyl groups is 1. The molecule has 4 nitrogen and oxygen atoms in total. The van der Waals surface area contributed by atoms with Crippen molar-refractivity contribution in [2.45, 2.75) is 6.54 Å². The van der Waals surface area contributed by atoms with Crippen LogP contribution in [0.15, 0.2) is 79.0 Å². The lowest BCUT2D eigenvalue weighted by Crippen LogP contribution is -2.16. The number of para-hydroxylation sites is 1. The van der Waals surface area contributed by atoms with Gasteiger partial charge in [0.15, 0.2) is 0 Å². The second kappa shape index (κ2) is 7.79. The Labute approximate surface area is 169 Å². The first kappa shape index (κ1) is 18.1. The highest BCUT2D eigenvalue weighted by atomic mass is 35.5. The SMILES string of the molecule is CN(Cc1cc(Nc2ccnc3cc(Cl)ccc23)ccc1O)c1ccccc1. The van der Waals surface area contributed by atoms with Crippen LogP contribution in [-0.4, -0.2) is 17.1 Å². The zero-order valence-corrected chi connectivity index (χ0v) is 16.2. The zero-order chi connectivity index (χ0) is 19.5. The fourth-order valence-electron chi connectivity index (χ4n) is 3.20. The predicted molar refractivity (Wildman–Crippen MR) is 117 cm³/mol. The van der Waals surface area contributed by atoms with Crippen molar-refractivity contribution < 1.29 is 5.11 Å². The Balaban J connectivity index is 1.61. The van der Waals surface area contributed by atoms with Crippen molar-refractivity contribution in [1.82, 2.24) is 4.98 Å². The van der Waals surface area contributed by atoms with Crippen LogP contribution in [-0.2, 0) is 6.54 Å². The van der Waals surface area contributed by atoms with Gasteiger partial charge < -0.3 is 15.3 Å². The zero-order valence-electron chi connectivity index (χ0n) is 15.4. The van der Waals surface area contributed by atoms with Crippen LogP contribution in [0.4, 0.5) is 17.1 Å². The lowest BCUT2D eigenvalue weighted by molar-refractivity contribution is 0.468. The van der Waals surface area contributed by atoms with E-state index in [-0.39, 0.29) is 5.75 Å². The molecule has 0 saturated carbocycles. The second-order valence-electron chi connectivity index (χ2n) is 6.68. The third kappa shape index (κ3) is 3.87. The van der Waals surface area contributed by atoms with E-state index in [2.05, 4.69) is 15.2 Å². The van der Waals surface area contributed by atoms with E-state index in [0.29, 0.717) is 11.6 Å². The van der Waals surface area contributed by atoms with Crippen LogP contribution < -0.4 is 10.2 Å². The third-order valence-corrected chi connectivity index (χ3v) is 4.90. The molecule has 5 heteroatoms. The Morgan fingerprint density at radius 2 is 1.82 bits per heavy atom. The number of pyridine rings is 1. The molecule has 0 aliphatic carbocycles. The number of rotatable bonds is 5. The molecule has 0 aliphatic heterocycles. The van der Waals surface area contributed by atoms with Crippen LogP contribution >= 0.6 is 11.6 Å². The van der Waals surface area contributed by atoms with E-state index in [0.717, 1.165) is 33.5 Å². The molecule has 1 aromatic heterocycles. The number of anilines is 3. The maximum atomic E-state index is 10.3. The monoisotopic (exact) mass is 389 g/mol. The molecule has 4 rings (SSSR count). The first-order valence-corrected chi connectivity index (χ1v) is 9.37. The lowest BCUT2D eigenvalue weighted by Gasteiger charge is -2.20. The maximum Gasteiger partial charge on any atom is 0.120 e. The number of aromatic nitrogens is 1. The molecule has 3 aromatic carbocycles. The molecule has 1 heterocycles. The molecule has 0 radical (unpaired) electrons. The largest absolute Gasteiger partial charge is 0.508 e. The second-order valence-corrected chi connectivity index (χ2v) is 7.12. The first-order chi connectivity index (χ1) is 13.6. The average molecular weight is 390 g/mol. The summed E-state index contributed by atoms with van der Waals surface area (Å²) in [7, 11) is 2.01. The third-order valence-electron chi connectivity index (χ3n) is 4.67. The molecule has 4 aromatic rings. The van der Waals surface area contributed by atoms with Crippen molar-refractivity contribution in [3.05, 3.63) is 89.6 Å². The molecule has 2 N–H and O–H groups in total. The van der Waals surface area contributed by atoms with Crippen LogP contribution in [0.1, 0.15) is 5.56 Å². The highest BCUT2D eigenvalue weighted by Crippen LogP contribution is 2.30. The fraction of sp³-hybridized carbons (Fsp3) is 0.0870. The van der Waals surface area contributed by atoms with Gasteiger partial charge in [0.2, 0.25) is 0 Å². The van der Waals surface area contributed by atoms with Gasteiger partial charge >= 0.3 is 0 Å². The molecule has 0 unspecified atom stereocenters. The van der Waals surface area contributed by atoms with E-state index < -0.39 is 0 Å². The van der Waals surface area contributed by atoms with E-state index in [1.807, 2.05) is 73.8 Å². The van der Waals surface area contributed by atoms with Gasteiger partial charge in [-0.15, -0.1) is 0 Å². The smallest absolute Gasteiger partial charge is 0.120 e. The Morgan fingerprint density at radius 1 is 1.00 bits per heavy atom. The number of nitrogens with zero attached hydrogens (tertiary/aromatic N) is 2. The van der Waals surface area contributed by atoms with Gasteiger partial charge in [0.1, 0.15) is 5.75 Å². The average Bonchev–Trinajstić information content (AvgIpc) is 2.71. The summed E-state index contributed by atoms with van der Waals surface area (Å²) in [6.07, 6.45) is 1.76. The van der Waals surface area contributed by atoms with Gasteiger partial charge in [0, 0.05) is 52.8 Å². The molecular formula is C23H20ClN3O. The normalized spacial score (nSPS) is 10.8. The predicted octanol–water partition coefficient (Wildman–Crippen LogP) is 5.97. The van der Waals surface area contributed by atoms with Crippen molar-refractivity contribution in [3.8, 4) is 5.75 Å². The molecular weight excluding hydrogens is 370 g/mol. The highest BCUT2D eigenvalue weighted by molar-refractivity contribution is 6.31. The summed E-state index contributed by atoms with van der Waals surface area (Å²) < 4.78 is 0. The number of phenolic OH excluding ortho intramolecular Hbond substituents is 1. The quantitative estimate of drug-likeness (QED) is 0.412. The lowest BCUT2D eigenvalue weighted by atomic mass is 10.1. The molecule has 0 aliphatic rings. The van der Waals surface area contributed by atoms with Crippen LogP contribution in [0.5, 0.6) is 5.75 Å². The van der Waals surface area contributed by atoms with E-state index in [9.17, 15) is 5.11 Å². The highest BCUT2D eigenvalue weighted by Gasteiger charge is 2.09. The number of benzene rings is 3. The Bertz CT molecular complexity index is 1120. The molecule has 140 valence electrons. The summed E-state index contributed by atoms with van der Waals surface area (Å²) in [6, 6.07) is 23.2. The number of phenols is 1. The molecule has 0 fully saturated rings. The number of hydrogen-bond acceptors (Lipinski definition) is 4. The standard InChI is InChI=1S/C23H20ClN3O/c1-27(19-5-3-2-4-6-19)15-16-13-18(8-10-23(16)28)26-21-11-12-25-22-14-17(24)7-9-20(21)22/h2-14,28H,15H2,1H3,(H,25,26). The summed E-state index contributed by atoms with van der Waals surface area (Å²) >= 11 is 6.08. The van der Waals surface area contributed by atoms with Crippen molar-refractivity contribution in [2.75, 3.05) is 17.3 Å². The van der Waals surface area contributed by atoms with Crippen LogP contribution in [0.2, 0.25) is 5.02 Å². The van der Waals surface area contributed by atoms with Crippen molar-refractivity contribution >= 4 is 39.6 Å². The molecule has 28 heavy (non-hydrogen) atoms. The maximum absolute atomic E-state index is 10.3. The van der Waals surface area contributed by atoms with E-state index in [4.69, 9.17) is 11.6 Å². The van der Waals surface area contributed by atoms with Gasteiger partial charge in [-0.3, -0.25) is 4.98 Å². The van der Waals surface area contributed by atoms with Gasteiger partial charge in [-0.2, -0.15) is 0 Å². The minimum absolute atomic E-state index is 0.277. The van der Waals surface area contributed by atoms with Gasteiger partial charge in [-0.25, -0.2) is 0 Å². The number of halogens is 1. The van der Waals surface area contributed by atoms with Crippen molar-refractivity contribution in [2.24, 2.45) is 0 Å². The molecule has 0 bridgehead atoms. The molecule has 0 saturated heterocycles. The fourth-order valence-corrected chi connectivity index (χ4v) is 3.37. The summed E-state index contributed by atoms with van der Waals surface area (Å²) in [5.74, 6) is 0.277. The number of hydrogen-bond donors (Lipinski definition) is 2. The van der Waals surface area contributed by atoms with Gasteiger partial charge in [0.25, 0.3) is 0 Å². The summed E-state index contributed by atoms with van der Waals surface area (Å²) in [6.45, 7) is 0.595. The molecule has 0 amide bonds. The number of nitrogens with one attached hydrogen (secondary N) is 1. The van der Waals surface area contributed by atoms with Gasteiger partial charge in [0.05, 0.1) is 5.52 Å². The van der Waals surface area contributed by atoms with Crippen molar-refractivity contribution in [1.29, 1.82) is 0 Å². The van der Waals surface area contributed by atoms with Crippen LogP contribution in [0.3, 0.4) is 0 Å². The minimum atomic E-state index is 0.277. The van der Waals surface area contributed by atoms with E-state index >= 15 is 0 Å². The van der Waals surface area contributed by atoms with Crippen LogP contribution in [0.25, 0.3) is 10.9 Å². The summed E-state index contributed by atoms with van der Waals surface area (Å²) in [5.41, 5.74) is 4.61. The Hall–Kier alpha value is -3.24. The van der Waals surface area contributed by atoms with Gasteiger partial charge in [-0.1, -0.05) is 29.8 Å². The molecule has 0 atom stereocenters. The van der Waals surface area contributed by atoms with E-state index in [1.54, 1.807) is 12.3 Å². The first-order valence-electron chi connectivity index (χ1n) is 8.99. The topological polar surface area (TPSA) is 48.4 Å². The number of fused-ring (bicyclic) bond motifs is 1. The molecule has 0 spiro atoms. The van der Waals surface area contributed by atoms with Crippen molar-refractivity contribution in [3.63, 3.8) is 0 Å². The Kier molecular flexibility index (Phi) is 5.04. The minimum Gasteiger partial charge on any atom is -0.508 e. The van der Waals surface area contributed by atoms with Gasteiger partial charge in [-0.05, 0) is 54.6 Å². The van der Waals surface area contributed by atoms with E-state index in [1.165, 1.54) is 0 Å². The summed E-state index contributed by atoms with van der Waals surface area (Å²) in [4.78, 5) is 6.48. The summed E-state index contributed by atoms with van der Waals surface area (Å²) in [5, 5.41) is 15.4.